The Hall–Kier alpha value is -1.81. The van der Waals surface area contributed by atoms with E-state index in [-0.39, 0.29) is 0 Å². The lowest BCUT2D eigenvalue weighted by Gasteiger charge is -2.33. The quantitative estimate of drug-likeness (QED) is 0.480. The van der Waals surface area contributed by atoms with Gasteiger partial charge in [0.1, 0.15) is 23.5 Å². The van der Waals surface area contributed by atoms with Gasteiger partial charge in [0, 0.05) is 31.4 Å². The third kappa shape index (κ3) is 9.44. The molecular weight excluding hydrogens is 438 g/mol. The van der Waals surface area contributed by atoms with Crippen LogP contribution in [-0.2, 0) is 28.4 Å². The fraction of sp³-hybridized carbons (Fsp3) is 0.654. The van der Waals surface area contributed by atoms with Crippen LogP contribution in [0.2, 0.25) is 0 Å². The highest BCUT2D eigenvalue weighted by Crippen LogP contribution is 2.23. The van der Waals surface area contributed by atoms with Crippen LogP contribution in [0.1, 0.15) is 26.2 Å². The minimum absolute atomic E-state index is 0.356. The molecule has 2 heterocycles. The van der Waals surface area contributed by atoms with E-state index in [1.165, 1.54) is 0 Å². The fourth-order valence-electron chi connectivity index (χ4n) is 3.58. The predicted octanol–water partition coefficient (Wildman–Crippen LogP) is 3.66. The number of fused-ring (bicyclic) bond motifs is 1. The SMILES string of the molecule is CCCCOCC1(OCCOc2cccc3cccnc23)COCCCOCCOCCOC1. The van der Waals surface area contributed by atoms with Gasteiger partial charge < -0.3 is 33.2 Å². The molecule has 1 aliphatic rings. The summed E-state index contributed by atoms with van der Waals surface area (Å²) in [6.45, 7) is 8.04. The van der Waals surface area contributed by atoms with E-state index in [0.717, 1.165) is 35.9 Å². The predicted molar refractivity (Wildman–Crippen MR) is 130 cm³/mol. The fourth-order valence-corrected chi connectivity index (χ4v) is 3.58. The van der Waals surface area contributed by atoms with Crippen LogP contribution in [0.15, 0.2) is 36.5 Å². The first-order valence-corrected chi connectivity index (χ1v) is 12.3. The van der Waals surface area contributed by atoms with Crippen molar-refractivity contribution >= 4 is 10.9 Å². The molecule has 34 heavy (non-hydrogen) atoms. The van der Waals surface area contributed by atoms with Crippen LogP contribution in [0, 0.1) is 0 Å². The van der Waals surface area contributed by atoms with Gasteiger partial charge in [0.25, 0.3) is 0 Å². The lowest BCUT2D eigenvalue weighted by molar-refractivity contribution is -0.173. The van der Waals surface area contributed by atoms with Crippen LogP contribution in [0.25, 0.3) is 10.9 Å². The number of para-hydroxylation sites is 1. The van der Waals surface area contributed by atoms with E-state index in [9.17, 15) is 0 Å². The maximum absolute atomic E-state index is 6.35. The van der Waals surface area contributed by atoms with E-state index in [1.807, 2.05) is 30.3 Å². The van der Waals surface area contributed by atoms with E-state index in [2.05, 4.69) is 11.9 Å². The van der Waals surface area contributed by atoms with Crippen LogP contribution in [0.5, 0.6) is 5.75 Å². The third-order valence-corrected chi connectivity index (χ3v) is 5.40. The molecule has 0 N–H and O–H groups in total. The monoisotopic (exact) mass is 477 g/mol. The Kier molecular flexibility index (Phi) is 12.6. The van der Waals surface area contributed by atoms with Crippen molar-refractivity contribution in [3.63, 3.8) is 0 Å². The minimum atomic E-state index is -0.723. The smallest absolute Gasteiger partial charge is 0.145 e. The topological polar surface area (TPSA) is 77.5 Å². The zero-order valence-corrected chi connectivity index (χ0v) is 20.4. The third-order valence-electron chi connectivity index (χ3n) is 5.40. The molecule has 0 amide bonds. The van der Waals surface area contributed by atoms with Crippen molar-refractivity contribution < 1.29 is 33.2 Å². The maximum atomic E-state index is 6.35. The van der Waals surface area contributed by atoms with Crippen molar-refractivity contribution in [3.05, 3.63) is 36.5 Å². The first-order valence-electron chi connectivity index (χ1n) is 12.3. The summed E-state index contributed by atoms with van der Waals surface area (Å²) in [5.74, 6) is 0.741. The van der Waals surface area contributed by atoms with E-state index < -0.39 is 5.60 Å². The molecule has 1 aromatic heterocycles. The molecule has 1 atom stereocenters. The number of aromatic nitrogens is 1. The number of hydrogen-bond acceptors (Lipinski definition) is 8. The minimum Gasteiger partial charge on any atom is -0.489 e. The number of hydrogen-bond donors (Lipinski definition) is 0. The van der Waals surface area contributed by atoms with Crippen LogP contribution in [0.3, 0.4) is 0 Å². The van der Waals surface area contributed by atoms with Crippen molar-refractivity contribution in [2.45, 2.75) is 31.8 Å². The Balaban J connectivity index is 1.58. The van der Waals surface area contributed by atoms with E-state index in [0.29, 0.717) is 79.3 Å². The largest absolute Gasteiger partial charge is 0.489 e. The summed E-state index contributed by atoms with van der Waals surface area (Å²) in [6.07, 6.45) is 4.66. The zero-order chi connectivity index (χ0) is 23.7. The molecule has 1 fully saturated rings. The lowest BCUT2D eigenvalue weighted by Crippen LogP contribution is -2.48. The molecule has 8 nitrogen and oxygen atoms in total. The van der Waals surface area contributed by atoms with Gasteiger partial charge in [-0.1, -0.05) is 31.5 Å². The van der Waals surface area contributed by atoms with Gasteiger partial charge in [-0.3, -0.25) is 4.98 Å². The van der Waals surface area contributed by atoms with E-state index in [1.54, 1.807) is 6.20 Å². The van der Waals surface area contributed by atoms with Crippen molar-refractivity contribution in [3.8, 4) is 5.75 Å². The van der Waals surface area contributed by atoms with Crippen LogP contribution >= 0.6 is 0 Å². The molecular formula is C26H39NO7. The average Bonchev–Trinajstić information content (AvgIpc) is 2.87. The van der Waals surface area contributed by atoms with Gasteiger partial charge >= 0.3 is 0 Å². The highest BCUT2D eigenvalue weighted by Gasteiger charge is 2.33. The molecule has 0 spiro atoms. The van der Waals surface area contributed by atoms with Gasteiger partial charge in [0.2, 0.25) is 0 Å². The molecule has 0 saturated carbocycles. The molecule has 3 rings (SSSR count). The Bertz CT molecular complexity index is 784. The molecule has 0 bridgehead atoms. The average molecular weight is 478 g/mol. The number of benzene rings is 1. The molecule has 2 aromatic rings. The Labute approximate surface area is 202 Å². The van der Waals surface area contributed by atoms with Crippen molar-refractivity contribution in [2.75, 3.05) is 79.3 Å². The molecule has 1 unspecified atom stereocenters. The molecule has 8 heteroatoms. The van der Waals surface area contributed by atoms with Gasteiger partial charge in [0.05, 0.1) is 52.9 Å². The van der Waals surface area contributed by atoms with Crippen LogP contribution < -0.4 is 4.74 Å². The summed E-state index contributed by atoms with van der Waals surface area (Å²) < 4.78 is 41.4. The van der Waals surface area contributed by atoms with Crippen molar-refractivity contribution in [2.24, 2.45) is 0 Å². The first-order chi connectivity index (χ1) is 16.8. The van der Waals surface area contributed by atoms with Crippen LogP contribution in [0.4, 0.5) is 0 Å². The van der Waals surface area contributed by atoms with Crippen LogP contribution in [-0.4, -0.2) is 89.9 Å². The second-order valence-corrected chi connectivity index (χ2v) is 8.30. The molecule has 0 radical (unpaired) electrons. The van der Waals surface area contributed by atoms with Gasteiger partial charge in [-0.15, -0.1) is 0 Å². The molecule has 1 aromatic carbocycles. The van der Waals surface area contributed by atoms with E-state index >= 15 is 0 Å². The van der Waals surface area contributed by atoms with Gasteiger partial charge in [0.15, 0.2) is 0 Å². The van der Waals surface area contributed by atoms with E-state index in [4.69, 9.17) is 33.2 Å². The molecule has 1 aliphatic heterocycles. The number of nitrogens with zero attached hydrogens (tertiary/aromatic N) is 1. The summed E-state index contributed by atoms with van der Waals surface area (Å²) in [6, 6.07) is 9.85. The highest BCUT2D eigenvalue weighted by atomic mass is 16.6. The van der Waals surface area contributed by atoms with Crippen molar-refractivity contribution in [1.29, 1.82) is 0 Å². The highest BCUT2D eigenvalue weighted by molar-refractivity contribution is 5.84. The maximum Gasteiger partial charge on any atom is 0.145 e. The van der Waals surface area contributed by atoms with Gasteiger partial charge in [-0.05, 0) is 25.0 Å². The zero-order valence-electron chi connectivity index (χ0n) is 20.4. The summed E-state index contributed by atoms with van der Waals surface area (Å²) in [4.78, 5) is 4.45. The summed E-state index contributed by atoms with van der Waals surface area (Å²) in [5, 5.41) is 1.04. The Morgan fingerprint density at radius 2 is 1.59 bits per heavy atom. The summed E-state index contributed by atoms with van der Waals surface area (Å²) in [5.41, 5.74) is 0.119. The molecule has 0 aliphatic carbocycles. The summed E-state index contributed by atoms with van der Waals surface area (Å²) >= 11 is 0. The standard InChI is InChI=1S/C26H39NO7/c1-2-3-11-30-20-26(21-31-13-6-12-28-14-15-29-16-17-32-22-26)34-19-18-33-24-9-4-7-23-8-5-10-27-25(23)24/h4-5,7-10H,2-3,6,11-22H2,1H3. The summed E-state index contributed by atoms with van der Waals surface area (Å²) in [7, 11) is 0. The number of rotatable bonds is 10. The van der Waals surface area contributed by atoms with Crippen molar-refractivity contribution in [1.82, 2.24) is 4.98 Å². The van der Waals surface area contributed by atoms with Gasteiger partial charge in [-0.25, -0.2) is 0 Å². The normalized spacial score (nSPS) is 21.2. The number of pyridine rings is 1. The second kappa shape index (κ2) is 16.0. The van der Waals surface area contributed by atoms with Gasteiger partial charge in [-0.2, -0.15) is 0 Å². The molecule has 190 valence electrons. The second-order valence-electron chi connectivity index (χ2n) is 8.30. The lowest BCUT2D eigenvalue weighted by atomic mass is 10.1. The Morgan fingerprint density at radius 1 is 0.853 bits per heavy atom. The number of ether oxygens (including phenoxy) is 7. The Morgan fingerprint density at radius 3 is 2.44 bits per heavy atom. The first kappa shape index (κ1) is 26.8. The number of unbranched alkanes of at least 4 members (excludes halogenated alkanes) is 1. The molecule has 1 saturated heterocycles.